The van der Waals surface area contributed by atoms with Crippen LogP contribution >= 0.6 is 0 Å². The third-order valence-corrected chi connectivity index (χ3v) is 2.77. The van der Waals surface area contributed by atoms with Crippen LogP contribution in [0.3, 0.4) is 0 Å². The van der Waals surface area contributed by atoms with Crippen LogP contribution in [0.4, 0.5) is 0 Å². The van der Waals surface area contributed by atoms with E-state index in [2.05, 4.69) is 5.32 Å². The predicted octanol–water partition coefficient (Wildman–Crippen LogP) is 0.180. The lowest BCUT2D eigenvalue weighted by Crippen LogP contribution is -2.55. The van der Waals surface area contributed by atoms with E-state index in [0.29, 0.717) is 13.1 Å². The van der Waals surface area contributed by atoms with Crippen molar-refractivity contribution in [2.24, 2.45) is 5.73 Å². The molecule has 0 saturated carbocycles. The highest BCUT2D eigenvalue weighted by Crippen LogP contribution is 2.13. The number of nitrogens with zero attached hydrogens (tertiary/aromatic N) is 1. The van der Waals surface area contributed by atoms with Gasteiger partial charge in [0, 0.05) is 18.6 Å². The smallest absolute Gasteiger partial charge is 0.237 e. The number of carbonyl (C=O) groups is 1. The lowest BCUT2D eigenvalue weighted by molar-refractivity contribution is -0.127. The fraction of sp³-hybridized carbons (Fsp3) is 0.900. The Morgan fingerprint density at radius 1 is 1.57 bits per heavy atom. The van der Waals surface area contributed by atoms with E-state index in [4.69, 9.17) is 5.73 Å². The standard InChI is InChI=1S/C10H23N3O/c1-6-12-9(14)8(2)13(5)10(3,4)7-11/h8H,6-7,11H2,1-5H3,(H,12,14). The van der Waals surface area contributed by atoms with Gasteiger partial charge >= 0.3 is 0 Å². The lowest BCUT2D eigenvalue weighted by atomic mass is 10.0. The molecule has 0 aliphatic rings. The SMILES string of the molecule is CCNC(=O)C(C)N(C)C(C)(C)CN. The average molecular weight is 201 g/mol. The van der Waals surface area contributed by atoms with Crippen molar-refractivity contribution in [3.05, 3.63) is 0 Å². The second kappa shape index (κ2) is 5.32. The minimum absolute atomic E-state index is 0.0523. The van der Waals surface area contributed by atoms with Crippen molar-refractivity contribution in [3.63, 3.8) is 0 Å². The number of amides is 1. The van der Waals surface area contributed by atoms with E-state index in [-0.39, 0.29) is 17.5 Å². The molecule has 0 spiro atoms. The minimum atomic E-state index is -0.148. The maximum Gasteiger partial charge on any atom is 0.237 e. The van der Waals surface area contributed by atoms with E-state index in [1.807, 2.05) is 39.6 Å². The first-order valence-electron chi connectivity index (χ1n) is 5.07. The molecule has 84 valence electrons. The van der Waals surface area contributed by atoms with Crippen LogP contribution in [-0.2, 0) is 4.79 Å². The van der Waals surface area contributed by atoms with Crippen LogP contribution in [0.2, 0.25) is 0 Å². The minimum Gasteiger partial charge on any atom is -0.355 e. The molecule has 0 radical (unpaired) electrons. The summed E-state index contributed by atoms with van der Waals surface area (Å²) in [5.74, 6) is 0.0523. The van der Waals surface area contributed by atoms with Crippen LogP contribution in [0.15, 0.2) is 0 Å². The Hall–Kier alpha value is -0.610. The van der Waals surface area contributed by atoms with Gasteiger partial charge in [-0.15, -0.1) is 0 Å². The second-order valence-electron chi connectivity index (χ2n) is 4.20. The summed E-state index contributed by atoms with van der Waals surface area (Å²) in [5.41, 5.74) is 5.50. The molecular weight excluding hydrogens is 178 g/mol. The summed E-state index contributed by atoms with van der Waals surface area (Å²) in [5, 5.41) is 2.80. The number of carbonyl (C=O) groups excluding carboxylic acids is 1. The number of hydrogen-bond acceptors (Lipinski definition) is 3. The quantitative estimate of drug-likeness (QED) is 0.667. The molecule has 0 aliphatic heterocycles. The molecule has 3 N–H and O–H groups in total. The van der Waals surface area contributed by atoms with E-state index >= 15 is 0 Å². The highest BCUT2D eigenvalue weighted by atomic mass is 16.2. The Bertz CT molecular complexity index is 192. The molecule has 0 aromatic heterocycles. The van der Waals surface area contributed by atoms with Gasteiger partial charge in [-0.3, -0.25) is 9.69 Å². The fourth-order valence-corrected chi connectivity index (χ4v) is 1.17. The van der Waals surface area contributed by atoms with E-state index < -0.39 is 0 Å². The highest BCUT2D eigenvalue weighted by Gasteiger charge is 2.29. The number of hydrogen-bond donors (Lipinski definition) is 2. The van der Waals surface area contributed by atoms with Crippen LogP contribution in [0.25, 0.3) is 0 Å². The topological polar surface area (TPSA) is 58.4 Å². The summed E-state index contributed by atoms with van der Waals surface area (Å²) >= 11 is 0. The van der Waals surface area contributed by atoms with Gasteiger partial charge < -0.3 is 11.1 Å². The molecule has 0 fully saturated rings. The van der Waals surface area contributed by atoms with Gasteiger partial charge in [0.25, 0.3) is 0 Å². The predicted molar refractivity (Wildman–Crippen MR) is 59.0 cm³/mol. The molecule has 14 heavy (non-hydrogen) atoms. The van der Waals surface area contributed by atoms with E-state index in [1.54, 1.807) is 0 Å². The van der Waals surface area contributed by atoms with Gasteiger partial charge in [0.15, 0.2) is 0 Å². The summed E-state index contributed by atoms with van der Waals surface area (Å²) < 4.78 is 0. The van der Waals surface area contributed by atoms with Crippen molar-refractivity contribution >= 4 is 5.91 Å². The normalized spacial score (nSPS) is 14.2. The molecule has 0 aromatic rings. The van der Waals surface area contributed by atoms with Crippen molar-refractivity contribution in [1.29, 1.82) is 0 Å². The summed E-state index contributed by atoms with van der Waals surface area (Å²) in [6.07, 6.45) is 0. The first-order chi connectivity index (χ1) is 6.36. The third kappa shape index (κ3) is 3.27. The van der Waals surface area contributed by atoms with Gasteiger partial charge in [-0.1, -0.05) is 0 Å². The van der Waals surface area contributed by atoms with Gasteiger partial charge in [0.1, 0.15) is 0 Å². The molecule has 1 unspecified atom stereocenters. The van der Waals surface area contributed by atoms with E-state index in [9.17, 15) is 4.79 Å². The van der Waals surface area contributed by atoms with Crippen molar-refractivity contribution in [2.75, 3.05) is 20.1 Å². The number of likely N-dealkylation sites (N-methyl/N-ethyl adjacent to an activating group) is 2. The first-order valence-corrected chi connectivity index (χ1v) is 5.07. The summed E-state index contributed by atoms with van der Waals surface area (Å²) in [7, 11) is 1.92. The van der Waals surface area contributed by atoms with Crippen molar-refractivity contribution in [3.8, 4) is 0 Å². The maximum absolute atomic E-state index is 11.6. The van der Waals surface area contributed by atoms with E-state index in [0.717, 1.165) is 0 Å². The van der Waals surface area contributed by atoms with Crippen LogP contribution in [0.1, 0.15) is 27.7 Å². The van der Waals surface area contributed by atoms with Crippen molar-refractivity contribution in [2.45, 2.75) is 39.3 Å². The molecule has 0 saturated heterocycles. The summed E-state index contributed by atoms with van der Waals surface area (Å²) in [6, 6.07) is -0.145. The Kier molecular flexibility index (Phi) is 5.08. The second-order valence-corrected chi connectivity index (χ2v) is 4.20. The number of rotatable bonds is 5. The third-order valence-electron chi connectivity index (χ3n) is 2.77. The fourth-order valence-electron chi connectivity index (χ4n) is 1.17. The largest absolute Gasteiger partial charge is 0.355 e. The number of nitrogens with one attached hydrogen (secondary N) is 1. The Morgan fingerprint density at radius 3 is 2.43 bits per heavy atom. The molecule has 0 bridgehead atoms. The molecule has 0 aromatic carbocycles. The number of nitrogens with two attached hydrogens (primary N) is 1. The zero-order valence-corrected chi connectivity index (χ0v) is 9.92. The molecular formula is C10H23N3O. The monoisotopic (exact) mass is 201 g/mol. The summed E-state index contributed by atoms with van der Waals surface area (Å²) in [6.45, 7) is 9.07. The zero-order valence-electron chi connectivity index (χ0n) is 9.92. The van der Waals surface area contributed by atoms with Crippen molar-refractivity contribution in [1.82, 2.24) is 10.2 Å². The van der Waals surface area contributed by atoms with Gasteiger partial charge in [-0.2, -0.15) is 0 Å². The van der Waals surface area contributed by atoms with Crippen LogP contribution in [-0.4, -0.2) is 42.5 Å². The van der Waals surface area contributed by atoms with Crippen molar-refractivity contribution < 1.29 is 4.79 Å². The molecule has 0 heterocycles. The molecule has 4 heteroatoms. The van der Waals surface area contributed by atoms with Gasteiger partial charge in [0.2, 0.25) is 5.91 Å². The van der Waals surface area contributed by atoms with Gasteiger partial charge in [-0.25, -0.2) is 0 Å². The van der Waals surface area contributed by atoms with Crippen LogP contribution < -0.4 is 11.1 Å². The van der Waals surface area contributed by atoms with Gasteiger partial charge in [0.05, 0.1) is 6.04 Å². The molecule has 0 aliphatic carbocycles. The maximum atomic E-state index is 11.6. The van der Waals surface area contributed by atoms with Crippen LogP contribution in [0.5, 0.6) is 0 Å². The zero-order chi connectivity index (χ0) is 11.4. The molecule has 1 amide bonds. The van der Waals surface area contributed by atoms with E-state index in [1.165, 1.54) is 0 Å². The summed E-state index contributed by atoms with van der Waals surface area (Å²) in [4.78, 5) is 13.6. The molecule has 1 atom stereocenters. The Balaban J connectivity index is 4.38. The average Bonchev–Trinajstić information content (AvgIpc) is 2.15. The Labute approximate surface area is 86.8 Å². The highest BCUT2D eigenvalue weighted by molar-refractivity contribution is 5.81. The lowest BCUT2D eigenvalue weighted by Gasteiger charge is -2.38. The first kappa shape index (κ1) is 13.4. The Morgan fingerprint density at radius 2 is 2.07 bits per heavy atom. The molecule has 0 rings (SSSR count). The van der Waals surface area contributed by atoms with Gasteiger partial charge in [-0.05, 0) is 34.7 Å². The molecule has 4 nitrogen and oxygen atoms in total. The van der Waals surface area contributed by atoms with Crippen LogP contribution in [0, 0.1) is 0 Å².